The van der Waals surface area contributed by atoms with Crippen LogP contribution in [0.1, 0.15) is 12.0 Å². The number of nitrogens with one attached hydrogen (secondary N) is 1. The molecule has 1 unspecified atom stereocenters. The van der Waals surface area contributed by atoms with Crippen LogP contribution in [0.5, 0.6) is 0 Å². The minimum absolute atomic E-state index is 0.316. The molecule has 0 aliphatic rings. The second kappa shape index (κ2) is 5.85. The first-order valence-corrected chi connectivity index (χ1v) is 5.20. The number of hydrogen-bond donors (Lipinski definition) is 2. The van der Waals surface area contributed by atoms with Gasteiger partial charge in [0.15, 0.2) is 0 Å². The molecular weight excluding hydrogens is 190 g/mol. The molecule has 5 nitrogen and oxygen atoms in total. The third-order valence-electron chi connectivity index (χ3n) is 2.40. The van der Waals surface area contributed by atoms with Crippen molar-refractivity contribution in [2.45, 2.75) is 18.9 Å². The second-order valence-electron chi connectivity index (χ2n) is 4.18. The topological polar surface area (TPSA) is 59.1 Å². The smallest absolute Gasteiger partial charge is 0.0522 e. The molecule has 0 radical (unpaired) electrons. The van der Waals surface area contributed by atoms with Gasteiger partial charge in [-0.1, -0.05) is 0 Å². The average molecular weight is 211 g/mol. The van der Waals surface area contributed by atoms with E-state index in [9.17, 15) is 0 Å². The zero-order chi connectivity index (χ0) is 11.3. The van der Waals surface area contributed by atoms with Crippen LogP contribution in [0.3, 0.4) is 0 Å². The third kappa shape index (κ3) is 4.42. The molecule has 0 fully saturated rings. The maximum atomic E-state index is 5.52. The van der Waals surface area contributed by atoms with Gasteiger partial charge in [-0.2, -0.15) is 5.10 Å². The number of aromatic nitrogens is 2. The number of hydrogen-bond acceptors (Lipinski definition) is 4. The van der Waals surface area contributed by atoms with E-state index < -0.39 is 0 Å². The van der Waals surface area contributed by atoms with Gasteiger partial charge in [-0.3, -0.25) is 16.0 Å². The number of nitrogens with zero attached hydrogens (tertiary/aromatic N) is 3. The van der Waals surface area contributed by atoms with Crippen LogP contribution >= 0.6 is 0 Å². The summed E-state index contributed by atoms with van der Waals surface area (Å²) < 4.78 is 1.81. The van der Waals surface area contributed by atoms with Crippen LogP contribution in [0.25, 0.3) is 0 Å². The Bertz CT molecular complexity index is 281. The summed E-state index contributed by atoms with van der Waals surface area (Å²) in [7, 11) is 6.06. The zero-order valence-electron chi connectivity index (χ0n) is 9.77. The first kappa shape index (κ1) is 12.2. The van der Waals surface area contributed by atoms with Gasteiger partial charge in [-0.15, -0.1) is 0 Å². The van der Waals surface area contributed by atoms with Crippen molar-refractivity contribution in [2.75, 3.05) is 20.6 Å². The minimum atomic E-state index is 0.316. The Balaban J connectivity index is 2.39. The summed E-state index contributed by atoms with van der Waals surface area (Å²) in [6, 6.07) is 0.316. The lowest BCUT2D eigenvalue weighted by Crippen LogP contribution is -2.38. The summed E-state index contributed by atoms with van der Waals surface area (Å²) in [5.41, 5.74) is 4.07. The lowest BCUT2D eigenvalue weighted by atomic mass is 10.1. The molecule has 0 aliphatic carbocycles. The van der Waals surface area contributed by atoms with E-state index in [4.69, 9.17) is 5.84 Å². The van der Waals surface area contributed by atoms with Gasteiger partial charge in [0.25, 0.3) is 0 Å². The molecule has 0 saturated heterocycles. The van der Waals surface area contributed by atoms with E-state index in [1.54, 1.807) is 0 Å². The quantitative estimate of drug-likeness (QED) is 0.503. The molecule has 0 amide bonds. The predicted molar refractivity (Wildman–Crippen MR) is 61.2 cm³/mol. The van der Waals surface area contributed by atoms with E-state index in [1.165, 1.54) is 5.56 Å². The number of hydrazine groups is 1. The Labute approximate surface area is 91.2 Å². The van der Waals surface area contributed by atoms with Gasteiger partial charge in [0.2, 0.25) is 0 Å². The first-order chi connectivity index (χ1) is 7.11. The molecule has 0 aliphatic heterocycles. The molecule has 1 aromatic heterocycles. The lowest BCUT2D eigenvalue weighted by Gasteiger charge is -2.17. The van der Waals surface area contributed by atoms with Gasteiger partial charge in [0.1, 0.15) is 0 Å². The van der Waals surface area contributed by atoms with Crippen molar-refractivity contribution >= 4 is 0 Å². The minimum Gasteiger partial charge on any atom is -0.309 e. The average Bonchev–Trinajstić information content (AvgIpc) is 2.58. The van der Waals surface area contributed by atoms with Crippen molar-refractivity contribution in [3.05, 3.63) is 18.0 Å². The van der Waals surface area contributed by atoms with Gasteiger partial charge in [0.05, 0.1) is 6.20 Å². The molecule has 0 saturated carbocycles. The van der Waals surface area contributed by atoms with Crippen LogP contribution in [0.4, 0.5) is 0 Å². The van der Waals surface area contributed by atoms with Crippen LogP contribution in [0.15, 0.2) is 12.4 Å². The Morgan fingerprint density at radius 3 is 2.80 bits per heavy atom. The van der Waals surface area contributed by atoms with E-state index in [1.807, 2.05) is 24.1 Å². The number of rotatable bonds is 6. The van der Waals surface area contributed by atoms with Crippen molar-refractivity contribution in [3.8, 4) is 0 Å². The molecule has 0 bridgehead atoms. The van der Waals surface area contributed by atoms with E-state index >= 15 is 0 Å². The molecule has 1 heterocycles. The van der Waals surface area contributed by atoms with Crippen molar-refractivity contribution in [1.82, 2.24) is 20.1 Å². The van der Waals surface area contributed by atoms with E-state index in [-0.39, 0.29) is 0 Å². The second-order valence-corrected chi connectivity index (χ2v) is 4.18. The highest BCUT2D eigenvalue weighted by Crippen LogP contribution is 2.04. The van der Waals surface area contributed by atoms with E-state index in [2.05, 4.69) is 29.5 Å². The van der Waals surface area contributed by atoms with Crippen LogP contribution in [0, 0.1) is 0 Å². The number of nitrogens with two attached hydrogens (primary N) is 1. The van der Waals surface area contributed by atoms with Crippen molar-refractivity contribution in [3.63, 3.8) is 0 Å². The van der Waals surface area contributed by atoms with Gasteiger partial charge < -0.3 is 4.90 Å². The van der Waals surface area contributed by atoms with Gasteiger partial charge >= 0.3 is 0 Å². The standard InChI is InChI=1S/C10H21N5/c1-14(2)5-4-10(13-11)6-9-7-12-15(3)8-9/h7-8,10,13H,4-6,11H2,1-3H3. The fourth-order valence-corrected chi connectivity index (χ4v) is 1.52. The van der Waals surface area contributed by atoms with Crippen molar-refractivity contribution in [1.29, 1.82) is 0 Å². The molecule has 1 aromatic rings. The first-order valence-electron chi connectivity index (χ1n) is 5.20. The molecule has 15 heavy (non-hydrogen) atoms. The van der Waals surface area contributed by atoms with Crippen LogP contribution in [-0.2, 0) is 13.5 Å². The molecular formula is C10H21N5. The fraction of sp³-hybridized carbons (Fsp3) is 0.700. The monoisotopic (exact) mass is 211 g/mol. The normalized spacial score (nSPS) is 13.4. The Kier molecular flexibility index (Phi) is 4.74. The summed E-state index contributed by atoms with van der Waals surface area (Å²) in [6.07, 6.45) is 5.89. The zero-order valence-corrected chi connectivity index (χ0v) is 9.77. The van der Waals surface area contributed by atoms with Crippen molar-refractivity contribution in [2.24, 2.45) is 12.9 Å². The predicted octanol–water partition coefficient (Wildman–Crippen LogP) is -0.254. The largest absolute Gasteiger partial charge is 0.309 e. The summed E-state index contributed by atoms with van der Waals surface area (Å²) in [4.78, 5) is 2.16. The SMILES string of the molecule is CN(C)CCC(Cc1cnn(C)c1)NN. The third-order valence-corrected chi connectivity index (χ3v) is 2.40. The summed E-state index contributed by atoms with van der Waals surface area (Å²) in [5.74, 6) is 5.52. The molecule has 3 N–H and O–H groups in total. The Morgan fingerprint density at radius 1 is 1.60 bits per heavy atom. The lowest BCUT2D eigenvalue weighted by molar-refractivity contribution is 0.358. The Hall–Kier alpha value is -0.910. The highest BCUT2D eigenvalue weighted by molar-refractivity contribution is 5.05. The van der Waals surface area contributed by atoms with Gasteiger partial charge in [0, 0.05) is 19.3 Å². The van der Waals surface area contributed by atoms with Crippen LogP contribution in [0.2, 0.25) is 0 Å². The maximum Gasteiger partial charge on any atom is 0.0522 e. The molecule has 0 spiro atoms. The highest BCUT2D eigenvalue weighted by Gasteiger charge is 2.09. The van der Waals surface area contributed by atoms with E-state index in [0.717, 1.165) is 19.4 Å². The highest BCUT2D eigenvalue weighted by atomic mass is 15.2. The summed E-state index contributed by atoms with van der Waals surface area (Å²) in [5, 5.41) is 4.14. The van der Waals surface area contributed by atoms with Crippen molar-refractivity contribution < 1.29 is 0 Å². The van der Waals surface area contributed by atoms with Gasteiger partial charge in [-0.25, -0.2) is 0 Å². The number of aryl methyl sites for hydroxylation is 1. The molecule has 1 atom stereocenters. The fourth-order valence-electron chi connectivity index (χ4n) is 1.52. The summed E-state index contributed by atoms with van der Waals surface area (Å²) in [6.45, 7) is 1.04. The Morgan fingerprint density at radius 2 is 2.33 bits per heavy atom. The molecule has 5 heteroatoms. The van der Waals surface area contributed by atoms with Crippen LogP contribution < -0.4 is 11.3 Å². The molecule has 86 valence electrons. The van der Waals surface area contributed by atoms with Crippen LogP contribution in [-0.4, -0.2) is 41.4 Å². The maximum absolute atomic E-state index is 5.52. The summed E-state index contributed by atoms with van der Waals surface area (Å²) >= 11 is 0. The van der Waals surface area contributed by atoms with E-state index in [0.29, 0.717) is 6.04 Å². The molecule has 0 aromatic carbocycles. The molecule has 1 rings (SSSR count). The van der Waals surface area contributed by atoms with Gasteiger partial charge in [-0.05, 0) is 39.0 Å².